The molecule has 0 aliphatic carbocycles. The zero-order valence-electron chi connectivity index (χ0n) is 8.82. The summed E-state index contributed by atoms with van der Waals surface area (Å²) in [6.07, 6.45) is 2.90. The maximum Gasteiger partial charge on any atom is 0.0543 e. The van der Waals surface area contributed by atoms with Crippen LogP contribution >= 0.6 is 0 Å². The Morgan fingerprint density at radius 2 is 2.29 bits per heavy atom. The van der Waals surface area contributed by atoms with Gasteiger partial charge in [0.1, 0.15) is 0 Å². The van der Waals surface area contributed by atoms with Crippen molar-refractivity contribution in [2.24, 2.45) is 5.73 Å². The van der Waals surface area contributed by atoms with Gasteiger partial charge in [-0.1, -0.05) is 13.0 Å². The Balaban J connectivity index is 2.40. The summed E-state index contributed by atoms with van der Waals surface area (Å²) >= 11 is 0. The van der Waals surface area contributed by atoms with Gasteiger partial charge in [0.15, 0.2) is 0 Å². The highest BCUT2D eigenvalue weighted by Crippen LogP contribution is 2.00. The molecule has 78 valence electrons. The lowest BCUT2D eigenvalue weighted by molar-refractivity contribution is 0.275. The van der Waals surface area contributed by atoms with E-state index in [0.29, 0.717) is 0 Å². The molecule has 0 bridgehead atoms. The van der Waals surface area contributed by atoms with Crippen molar-refractivity contribution in [2.45, 2.75) is 19.9 Å². The van der Waals surface area contributed by atoms with Gasteiger partial charge >= 0.3 is 0 Å². The molecule has 0 atom stereocenters. The molecule has 14 heavy (non-hydrogen) atoms. The summed E-state index contributed by atoms with van der Waals surface area (Å²) in [4.78, 5) is 6.66. The van der Waals surface area contributed by atoms with Crippen LogP contribution in [-0.4, -0.2) is 29.5 Å². The van der Waals surface area contributed by atoms with Gasteiger partial charge in [-0.25, -0.2) is 0 Å². The lowest BCUT2D eigenvalue weighted by Gasteiger charge is -2.19. The second-order valence-electron chi connectivity index (χ2n) is 3.33. The average Bonchev–Trinajstić information content (AvgIpc) is 2.25. The molecule has 0 saturated heterocycles. The van der Waals surface area contributed by atoms with E-state index in [0.717, 1.165) is 38.3 Å². The topological polar surface area (TPSA) is 42.1 Å². The fourth-order valence-corrected chi connectivity index (χ4v) is 1.38. The van der Waals surface area contributed by atoms with E-state index >= 15 is 0 Å². The first kappa shape index (κ1) is 11.1. The SMILES string of the molecule is CCN(CCCN)Cc1ccccn1. The second-order valence-corrected chi connectivity index (χ2v) is 3.33. The van der Waals surface area contributed by atoms with Crippen molar-refractivity contribution >= 4 is 0 Å². The highest BCUT2D eigenvalue weighted by atomic mass is 15.1. The molecular formula is C11H19N3. The van der Waals surface area contributed by atoms with Gasteiger partial charge in [-0.2, -0.15) is 0 Å². The third-order valence-electron chi connectivity index (χ3n) is 2.24. The number of hydrogen-bond donors (Lipinski definition) is 1. The van der Waals surface area contributed by atoms with E-state index in [2.05, 4.69) is 22.9 Å². The van der Waals surface area contributed by atoms with Crippen LogP contribution in [0.3, 0.4) is 0 Å². The highest BCUT2D eigenvalue weighted by Gasteiger charge is 2.02. The molecule has 2 N–H and O–H groups in total. The van der Waals surface area contributed by atoms with Gasteiger partial charge in [-0.05, 0) is 38.2 Å². The molecule has 3 nitrogen and oxygen atoms in total. The van der Waals surface area contributed by atoms with Crippen LogP contribution in [0.2, 0.25) is 0 Å². The Morgan fingerprint density at radius 3 is 2.86 bits per heavy atom. The molecule has 0 aliphatic rings. The Hall–Kier alpha value is -0.930. The van der Waals surface area contributed by atoms with Gasteiger partial charge in [0.25, 0.3) is 0 Å². The van der Waals surface area contributed by atoms with Crippen LogP contribution in [0, 0.1) is 0 Å². The lowest BCUT2D eigenvalue weighted by Crippen LogP contribution is -2.26. The molecule has 0 aliphatic heterocycles. The van der Waals surface area contributed by atoms with E-state index in [9.17, 15) is 0 Å². The van der Waals surface area contributed by atoms with E-state index in [4.69, 9.17) is 5.73 Å². The van der Waals surface area contributed by atoms with Crippen molar-refractivity contribution < 1.29 is 0 Å². The maximum absolute atomic E-state index is 5.48. The van der Waals surface area contributed by atoms with Crippen LogP contribution < -0.4 is 5.73 Å². The number of pyridine rings is 1. The predicted molar refractivity (Wildman–Crippen MR) is 58.9 cm³/mol. The fraction of sp³-hybridized carbons (Fsp3) is 0.545. The van der Waals surface area contributed by atoms with E-state index in [-0.39, 0.29) is 0 Å². The monoisotopic (exact) mass is 193 g/mol. The second kappa shape index (κ2) is 6.51. The molecule has 0 saturated carbocycles. The lowest BCUT2D eigenvalue weighted by atomic mass is 10.3. The molecule has 0 spiro atoms. The summed E-state index contributed by atoms with van der Waals surface area (Å²) in [6, 6.07) is 6.03. The van der Waals surface area contributed by atoms with Crippen molar-refractivity contribution in [3.8, 4) is 0 Å². The van der Waals surface area contributed by atoms with E-state index in [1.165, 1.54) is 0 Å². The number of hydrogen-bond acceptors (Lipinski definition) is 3. The predicted octanol–water partition coefficient (Wildman–Crippen LogP) is 1.25. The number of nitrogens with two attached hydrogens (primary N) is 1. The smallest absolute Gasteiger partial charge is 0.0543 e. The number of rotatable bonds is 6. The Morgan fingerprint density at radius 1 is 1.43 bits per heavy atom. The molecule has 3 heteroatoms. The van der Waals surface area contributed by atoms with Gasteiger partial charge in [-0.3, -0.25) is 9.88 Å². The van der Waals surface area contributed by atoms with Crippen LogP contribution in [0.4, 0.5) is 0 Å². The van der Waals surface area contributed by atoms with Gasteiger partial charge in [0.2, 0.25) is 0 Å². The quantitative estimate of drug-likeness (QED) is 0.739. The molecule has 0 aromatic carbocycles. The Kier molecular flexibility index (Phi) is 5.19. The largest absolute Gasteiger partial charge is 0.330 e. The standard InChI is InChI=1S/C11H19N3/c1-2-14(9-5-7-12)10-11-6-3-4-8-13-11/h3-4,6,8H,2,5,7,9-10,12H2,1H3. The third kappa shape index (κ3) is 3.85. The van der Waals surface area contributed by atoms with Crippen molar-refractivity contribution in [3.05, 3.63) is 30.1 Å². The summed E-state index contributed by atoms with van der Waals surface area (Å²) in [5.41, 5.74) is 6.61. The normalized spacial score (nSPS) is 10.8. The highest BCUT2D eigenvalue weighted by molar-refractivity contribution is 5.03. The zero-order chi connectivity index (χ0) is 10.2. The first-order valence-corrected chi connectivity index (χ1v) is 5.19. The molecule has 1 aromatic rings. The van der Waals surface area contributed by atoms with Crippen LogP contribution in [0.25, 0.3) is 0 Å². The van der Waals surface area contributed by atoms with Crippen molar-refractivity contribution in [1.82, 2.24) is 9.88 Å². The summed E-state index contributed by atoms with van der Waals surface area (Å²) < 4.78 is 0. The molecule has 0 fully saturated rings. The average molecular weight is 193 g/mol. The van der Waals surface area contributed by atoms with Crippen LogP contribution in [0.5, 0.6) is 0 Å². The third-order valence-corrected chi connectivity index (χ3v) is 2.24. The zero-order valence-corrected chi connectivity index (χ0v) is 8.82. The van der Waals surface area contributed by atoms with Crippen LogP contribution in [0.1, 0.15) is 19.0 Å². The molecule has 0 amide bonds. The minimum absolute atomic E-state index is 0.763. The van der Waals surface area contributed by atoms with Gasteiger partial charge in [0, 0.05) is 12.7 Å². The molecule has 1 aromatic heterocycles. The molecule has 1 heterocycles. The summed E-state index contributed by atoms with van der Waals surface area (Å²) in [7, 11) is 0. The number of nitrogens with zero attached hydrogens (tertiary/aromatic N) is 2. The maximum atomic E-state index is 5.48. The first-order valence-electron chi connectivity index (χ1n) is 5.19. The Bertz CT molecular complexity index is 236. The molecule has 0 radical (unpaired) electrons. The van der Waals surface area contributed by atoms with E-state index in [1.54, 1.807) is 0 Å². The molecule has 1 rings (SSSR count). The van der Waals surface area contributed by atoms with Crippen LogP contribution in [-0.2, 0) is 6.54 Å². The molecular weight excluding hydrogens is 174 g/mol. The number of aromatic nitrogens is 1. The van der Waals surface area contributed by atoms with Gasteiger partial charge in [-0.15, -0.1) is 0 Å². The first-order chi connectivity index (χ1) is 6.86. The van der Waals surface area contributed by atoms with E-state index < -0.39 is 0 Å². The summed E-state index contributed by atoms with van der Waals surface area (Å²) in [5.74, 6) is 0. The van der Waals surface area contributed by atoms with Gasteiger partial charge in [0.05, 0.1) is 5.69 Å². The van der Waals surface area contributed by atoms with E-state index in [1.807, 2.05) is 18.3 Å². The molecule has 0 unspecified atom stereocenters. The fourth-order valence-electron chi connectivity index (χ4n) is 1.38. The van der Waals surface area contributed by atoms with Crippen molar-refractivity contribution in [1.29, 1.82) is 0 Å². The van der Waals surface area contributed by atoms with Gasteiger partial charge < -0.3 is 5.73 Å². The minimum Gasteiger partial charge on any atom is -0.330 e. The van der Waals surface area contributed by atoms with Crippen molar-refractivity contribution in [3.63, 3.8) is 0 Å². The minimum atomic E-state index is 0.763. The Labute approximate surface area is 85.9 Å². The summed E-state index contributed by atoms with van der Waals surface area (Å²) in [5, 5.41) is 0. The summed E-state index contributed by atoms with van der Waals surface area (Å²) in [6.45, 7) is 5.97. The van der Waals surface area contributed by atoms with Crippen LogP contribution in [0.15, 0.2) is 24.4 Å². The van der Waals surface area contributed by atoms with Crippen molar-refractivity contribution in [2.75, 3.05) is 19.6 Å².